The van der Waals surface area contributed by atoms with Crippen molar-refractivity contribution in [3.8, 4) is 0 Å². The van der Waals surface area contributed by atoms with Crippen LogP contribution in [0.5, 0.6) is 0 Å². The minimum atomic E-state index is 0.00862. The predicted molar refractivity (Wildman–Crippen MR) is 97.7 cm³/mol. The zero-order valence-electron chi connectivity index (χ0n) is 13.3. The van der Waals surface area contributed by atoms with Crippen molar-refractivity contribution in [2.24, 2.45) is 0 Å². The van der Waals surface area contributed by atoms with Gasteiger partial charge in [-0.15, -0.1) is 11.3 Å². The Morgan fingerprint density at radius 1 is 1.43 bits per heavy atom. The minimum Gasteiger partial charge on any atom is -0.374 e. The average molecular weight is 348 g/mol. The van der Waals surface area contributed by atoms with E-state index in [-0.39, 0.29) is 17.6 Å². The second-order valence-corrected chi connectivity index (χ2v) is 8.66. The lowest BCUT2D eigenvalue weighted by molar-refractivity contribution is -0.0688. The van der Waals surface area contributed by atoms with Gasteiger partial charge in [-0.25, -0.2) is 0 Å². The number of thiophene rings is 1. The van der Waals surface area contributed by atoms with Crippen LogP contribution >= 0.6 is 23.1 Å². The monoisotopic (exact) mass is 347 g/mol. The van der Waals surface area contributed by atoms with E-state index in [1.807, 2.05) is 17.1 Å². The van der Waals surface area contributed by atoms with Crippen molar-refractivity contribution in [1.29, 1.82) is 0 Å². The molecule has 0 saturated carbocycles. The highest BCUT2D eigenvalue weighted by molar-refractivity contribution is 7.99. The maximum Gasteiger partial charge on any atom is 0.252 e. The number of aryl methyl sites for hydroxylation is 1. The number of nitrogens with one attached hydrogen (secondary N) is 1. The second-order valence-electron chi connectivity index (χ2n) is 6.65. The van der Waals surface area contributed by atoms with Crippen molar-refractivity contribution in [2.45, 2.75) is 37.8 Å². The Labute approximate surface area is 144 Å². The number of ether oxygens (including phenoxy) is 1. The molecule has 2 aromatic rings. The molecule has 0 bridgehead atoms. The second kappa shape index (κ2) is 6.11. The van der Waals surface area contributed by atoms with Crippen LogP contribution in [0, 0.1) is 6.92 Å². The third-order valence-electron chi connectivity index (χ3n) is 4.87. The van der Waals surface area contributed by atoms with Gasteiger partial charge >= 0.3 is 0 Å². The summed E-state index contributed by atoms with van der Waals surface area (Å²) in [4.78, 5) is 12.7. The van der Waals surface area contributed by atoms with Crippen molar-refractivity contribution in [1.82, 2.24) is 5.32 Å². The number of hydrogen-bond acceptors (Lipinski definition) is 4. The molecule has 0 aliphatic carbocycles. The first kappa shape index (κ1) is 15.5. The van der Waals surface area contributed by atoms with E-state index in [0.29, 0.717) is 0 Å². The molecule has 122 valence electrons. The lowest BCUT2D eigenvalue weighted by atomic mass is 9.89. The molecular formula is C18H21NO2S2. The van der Waals surface area contributed by atoms with Gasteiger partial charge in [0.25, 0.3) is 5.91 Å². The van der Waals surface area contributed by atoms with Gasteiger partial charge in [-0.2, -0.15) is 11.8 Å². The van der Waals surface area contributed by atoms with E-state index in [4.69, 9.17) is 4.74 Å². The van der Waals surface area contributed by atoms with E-state index in [0.717, 1.165) is 42.6 Å². The summed E-state index contributed by atoms with van der Waals surface area (Å²) in [6.45, 7) is 2.84. The van der Waals surface area contributed by atoms with Gasteiger partial charge in [-0.3, -0.25) is 4.79 Å². The summed E-state index contributed by atoms with van der Waals surface area (Å²) in [7, 11) is 0. The van der Waals surface area contributed by atoms with Crippen molar-refractivity contribution in [2.75, 3.05) is 18.1 Å². The Morgan fingerprint density at radius 3 is 3.17 bits per heavy atom. The topological polar surface area (TPSA) is 38.3 Å². The fourth-order valence-corrected chi connectivity index (χ4v) is 6.00. The lowest BCUT2D eigenvalue weighted by Crippen LogP contribution is -2.48. The van der Waals surface area contributed by atoms with Crippen LogP contribution in [0.3, 0.4) is 0 Å². The van der Waals surface area contributed by atoms with Crippen molar-refractivity contribution in [3.05, 3.63) is 34.7 Å². The van der Waals surface area contributed by atoms with Gasteiger partial charge < -0.3 is 10.1 Å². The Morgan fingerprint density at radius 2 is 2.35 bits per heavy atom. The number of thioether (sulfide) groups is 1. The molecule has 2 fully saturated rings. The third-order valence-corrected chi connectivity index (χ3v) is 7.04. The number of amides is 1. The van der Waals surface area contributed by atoms with Crippen LogP contribution < -0.4 is 5.32 Å². The predicted octanol–water partition coefficient (Wildman–Crippen LogP) is 3.99. The number of benzene rings is 1. The zero-order chi connectivity index (χ0) is 15.9. The smallest absolute Gasteiger partial charge is 0.252 e. The quantitative estimate of drug-likeness (QED) is 0.892. The Hall–Kier alpha value is -1.04. The fraction of sp³-hybridized carbons (Fsp3) is 0.500. The van der Waals surface area contributed by atoms with E-state index in [1.54, 1.807) is 11.3 Å². The Balaban J connectivity index is 1.50. The minimum absolute atomic E-state index is 0.00862. The highest BCUT2D eigenvalue weighted by Gasteiger charge is 2.40. The van der Waals surface area contributed by atoms with E-state index in [9.17, 15) is 4.79 Å². The van der Waals surface area contributed by atoms with Crippen molar-refractivity contribution < 1.29 is 9.53 Å². The number of rotatable bonds is 2. The van der Waals surface area contributed by atoms with Gasteiger partial charge in [0.2, 0.25) is 0 Å². The molecule has 0 radical (unpaired) electrons. The number of carbonyl (C=O) groups excluding carboxylic acids is 1. The van der Waals surface area contributed by atoms with Gasteiger partial charge in [0.1, 0.15) is 0 Å². The molecule has 1 aromatic carbocycles. The molecule has 1 amide bonds. The van der Waals surface area contributed by atoms with Gasteiger partial charge in [0.05, 0.1) is 11.2 Å². The lowest BCUT2D eigenvalue weighted by Gasteiger charge is -2.38. The van der Waals surface area contributed by atoms with Crippen LogP contribution in [0.1, 0.15) is 35.2 Å². The normalized spacial score (nSPS) is 27.6. The molecular weight excluding hydrogens is 326 g/mol. The Kier molecular flexibility index (Phi) is 4.12. The summed E-state index contributed by atoms with van der Waals surface area (Å²) in [6.07, 6.45) is 2.98. The van der Waals surface area contributed by atoms with Gasteiger partial charge in [-0.1, -0.05) is 12.1 Å². The molecule has 4 rings (SSSR count). The van der Waals surface area contributed by atoms with Gasteiger partial charge in [-0.05, 0) is 43.6 Å². The fourth-order valence-electron chi connectivity index (χ4n) is 3.59. The summed E-state index contributed by atoms with van der Waals surface area (Å²) in [6, 6.07) is 6.52. The molecule has 2 atom stereocenters. The van der Waals surface area contributed by atoms with Crippen LogP contribution in [0.15, 0.2) is 23.6 Å². The summed E-state index contributed by atoms with van der Waals surface area (Å²) >= 11 is 3.61. The van der Waals surface area contributed by atoms with E-state index in [1.165, 1.54) is 16.0 Å². The molecule has 3 nitrogen and oxygen atoms in total. The van der Waals surface area contributed by atoms with Crippen LogP contribution in [0.25, 0.3) is 10.1 Å². The highest BCUT2D eigenvalue weighted by atomic mass is 32.2. The summed E-state index contributed by atoms with van der Waals surface area (Å²) in [5, 5.41) is 6.31. The SMILES string of the molecule is Cc1ccc2c(C(=O)N[C@@H]3CCO[C@]4(CCSC4)C3)csc2c1. The maximum absolute atomic E-state index is 12.7. The Bertz CT molecular complexity index is 734. The standard InChI is InChI=1S/C18H21NO2S2/c1-12-2-3-14-15(10-23-16(14)8-12)17(20)19-13-4-6-21-18(9-13)5-7-22-11-18/h2-3,8,10,13H,4-7,9,11H2,1H3,(H,19,20)/t13-,18-/m1/s1. The van der Waals surface area contributed by atoms with E-state index in [2.05, 4.69) is 30.4 Å². The molecule has 1 aromatic heterocycles. The van der Waals surface area contributed by atoms with E-state index >= 15 is 0 Å². The molecule has 2 aliphatic rings. The highest BCUT2D eigenvalue weighted by Crippen LogP contribution is 2.38. The molecule has 2 aliphatic heterocycles. The third kappa shape index (κ3) is 3.02. The number of carbonyl (C=O) groups is 1. The van der Waals surface area contributed by atoms with Gasteiger partial charge in [0, 0.05) is 33.9 Å². The maximum atomic E-state index is 12.7. The van der Waals surface area contributed by atoms with Gasteiger partial charge in [0.15, 0.2) is 0 Å². The molecule has 5 heteroatoms. The molecule has 3 heterocycles. The summed E-state index contributed by atoms with van der Waals surface area (Å²) < 4.78 is 7.23. The van der Waals surface area contributed by atoms with Crippen molar-refractivity contribution in [3.63, 3.8) is 0 Å². The van der Waals surface area contributed by atoms with E-state index < -0.39 is 0 Å². The first-order valence-corrected chi connectivity index (χ1v) is 10.2. The molecule has 1 N–H and O–H groups in total. The van der Waals surface area contributed by atoms with Crippen LogP contribution in [0.4, 0.5) is 0 Å². The largest absolute Gasteiger partial charge is 0.374 e. The summed E-state index contributed by atoms with van der Waals surface area (Å²) in [5.41, 5.74) is 2.05. The van der Waals surface area contributed by atoms with Crippen LogP contribution in [-0.2, 0) is 4.74 Å². The number of hydrogen-bond donors (Lipinski definition) is 1. The average Bonchev–Trinajstić information content (AvgIpc) is 3.14. The van der Waals surface area contributed by atoms with Crippen molar-refractivity contribution >= 4 is 39.1 Å². The molecule has 23 heavy (non-hydrogen) atoms. The molecule has 1 spiro atoms. The molecule has 0 unspecified atom stereocenters. The zero-order valence-corrected chi connectivity index (χ0v) is 14.9. The summed E-state index contributed by atoms with van der Waals surface area (Å²) in [5.74, 6) is 2.31. The number of fused-ring (bicyclic) bond motifs is 1. The first-order chi connectivity index (χ1) is 11.2. The first-order valence-electron chi connectivity index (χ1n) is 8.16. The van der Waals surface area contributed by atoms with Crippen LogP contribution in [-0.4, -0.2) is 35.7 Å². The molecule has 2 saturated heterocycles. The van der Waals surface area contributed by atoms with Crippen LogP contribution in [0.2, 0.25) is 0 Å².